The zero-order chi connectivity index (χ0) is 23.7. The topological polar surface area (TPSA) is 54.0 Å². The lowest BCUT2D eigenvalue weighted by Crippen LogP contribution is -2.26. The van der Waals surface area contributed by atoms with Gasteiger partial charge in [0.15, 0.2) is 6.10 Å². The maximum Gasteiger partial charge on any atom is 0.347 e. The molecule has 2 rings (SSSR count). The molecule has 5 nitrogen and oxygen atoms in total. The first-order chi connectivity index (χ1) is 16.1. The molecule has 0 aliphatic carbocycles. The molecule has 1 aromatic carbocycles. The van der Waals surface area contributed by atoms with Crippen LogP contribution in [0.3, 0.4) is 0 Å². The molecule has 1 aliphatic heterocycles. The summed E-state index contributed by atoms with van der Waals surface area (Å²) in [6.07, 6.45) is 15.3. The van der Waals surface area contributed by atoms with Gasteiger partial charge in [-0.15, -0.1) is 0 Å². The van der Waals surface area contributed by atoms with Crippen molar-refractivity contribution in [1.82, 2.24) is 0 Å². The van der Waals surface area contributed by atoms with E-state index in [0.29, 0.717) is 19.0 Å². The Morgan fingerprint density at radius 2 is 1.58 bits per heavy atom. The molecule has 5 heteroatoms. The van der Waals surface area contributed by atoms with Crippen molar-refractivity contribution in [2.75, 3.05) is 13.2 Å². The van der Waals surface area contributed by atoms with Gasteiger partial charge >= 0.3 is 5.97 Å². The fourth-order valence-corrected chi connectivity index (χ4v) is 3.80. The number of benzene rings is 1. The van der Waals surface area contributed by atoms with Crippen LogP contribution >= 0.6 is 0 Å². The lowest BCUT2D eigenvalue weighted by atomic mass is 10.1. The molecule has 33 heavy (non-hydrogen) atoms. The van der Waals surface area contributed by atoms with Gasteiger partial charge in [0.25, 0.3) is 0 Å². The second-order valence-electron chi connectivity index (χ2n) is 8.98. The van der Waals surface area contributed by atoms with Crippen LogP contribution < -0.4 is 4.74 Å². The Morgan fingerprint density at radius 3 is 2.21 bits per heavy atom. The molecule has 1 heterocycles. The summed E-state index contributed by atoms with van der Waals surface area (Å²) < 4.78 is 22.8. The van der Waals surface area contributed by atoms with Crippen molar-refractivity contribution in [3.8, 4) is 5.75 Å². The molecule has 0 aromatic heterocycles. The number of hydrogen-bond donors (Lipinski definition) is 0. The molecule has 1 aliphatic rings. The number of rotatable bonds is 17. The smallest absolute Gasteiger partial charge is 0.347 e. The summed E-state index contributed by atoms with van der Waals surface area (Å²) in [6, 6.07) is 7.51. The normalized spacial score (nSPS) is 16.6. The summed E-state index contributed by atoms with van der Waals surface area (Å²) in [4.78, 5) is 12.1. The molecule has 0 saturated carbocycles. The predicted molar refractivity (Wildman–Crippen MR) is 132 cm³/mol. The van der Waals surface area contributed by atoms with Gasteiger partial charge in [-0.05, 0) is 56.0 Å². The van der Waals surface area contributed by atoms with E-state index in [0.717, 1.165) is 31.2 Å². The van der Waals surface area contributed by atoms with Gasteiger partial charge in [0.05, 0.1) is 19.5 Å². The monoisotopic (exact) mass is 460 g/mol. The van der Waals surface area contributed by atoms with Crippen molar-refractivity contribution in [1.29, 1.82) is 0 Å². The fraction of sp³-hybridized carbons (Fsp3) is 0.679. The summed E-state index contributed by atoms with van der Waals surface area (Å²) in [5.41, 5.74) is 2.15. The number of carbonyl (C=O) groups excluding carboxylic acids is 1. The summed E-state index contributed by atoms with van der Waals surface area (Å²) in [5.74, 6) is 0.299. The van der Waals surface area contributed by atoms with Gasteiger partial charge in [-0.2, -0.15) is 0 Å². The van der Waals surface area contributed by atoms with Crippen molar-refractivity contribution >= 4 is 5.97 Å². The highest BCUT2D eigenvalue weighted by Crippen LogP contribution is 2.28. The molecular weight excluding hydrogens is 416 g/mol. The largest absolute Gasteiger partial charge is 0.479 e. The first-order valence-corrected chi connectivity index (χ1v) is 13.0. The van der Waals surface area contributed by atoms with E-state index >= 15 is 0 Å². The molecule has 0 spiro atoms. The maximum atomic E-state index is 12.1. The number of hydrogen-bond acceptors (Lipinski definition) is 5. The van der Waals surface area contributed by atoms with Crippen LogP contribution in [0.15, 0.2) is 36.1 Å². The van der Waals surface area contributed by atoms with E-state index in [4.69, 9.17) is 18.9 Å². The van der Waals surface area contributed by atoms with Gasteiger partial charge < -0.3 is 18.9 Å². The standard InChI is InChI=1S/C28H44O5/c1-4-6-8-10-11-12-13-15-24-21-31-28(32-22-24)25-16-18-26(19-17-25)33-23(3)27(29)30-20-14-9-7-5-2/h16-19,21,23,28H,4-15,20,22H2,1-3H3/t23?,28-/m0/s1. The zero-order valence-corrected chi connectivity index (χ0v) is 21.0. The summed E-state index contributed by atoms with van der Waals surface area (Å²) in [7, 11) is 0. The van der Waals surface area contributed by atoms with Crippen LogP contribution in [-0.4, -0.2) is 25.3 Å². The molecule has 1 aromatic rings. The number of carbonyl (C=O) groups is 1. The second-order valence-corrected chi connectivity index (χ2v) is 8.98. The molecule has 0 bridgehead atoms. The van der Waals surface area contributed by atoms with Gasteiger partial charge in [0.1, 0.15) is 5.75 Å². The quantitative estimate of drug-likeness (QED) is 0.176. The average Bonchev–Trinajstić information content (AvgIpc) is 2.84. The van der Waals surface area contributed by atoms with E-state index in [-0.39, 0.29) is 5.97 Å². The average molecular weight is 461 g/mol. The highest BCUT2D eigenvalue weighted by Gasteiger charge is 2.19. The lowest BCUT2D eigenvalue weighted by Gasteiger charge is -2.24. The number of ether oxygens (including phenoxy) is 4. The van der Waals surface area contributed by atoms with E-state index < -0.39 is 12.4 Å². The third-order valence-corrected chi connectivity index (χ3v) is 5.92. The molecule has 186 valence electrons. The van der Waals surface area contributed by atoms with Crippen LogP contribution in [0.5, 0.6) is 5.75 Å². The van der Waals surface area contributed by atoms with Crippen LogP contribution in [-0.2, 0) is 19.0 Å². The van der Waals surface area contributed by atoms with E-state index in [9.17, 15) is 4.79 Å². The van der Waals surface area contributed by atoms with Crippen molar-refractivity contribution < 1.29 is 23.7 Å². The molecule has 1 unspecified atom stereocenters. The Morgan fingerprint density at radius 1 is 0.939 bits per heavy atom. The first kappa shape index (κ1) is 27.2. The van der Waals surface area contributed by atoms with E-state index in [2.05, 4.69) is 13.8 Å². The minimum atomic E-state index is -0.638. The van der Waals surface area contributed by atoms with Crippen LogP contribution in [0.2, 0.25) is 0 Å². The third-order valence-electron chi connectivity index (χ3n) is 5.92. The molecule has 0 fully saturated rings. The molecule has 0 saturated heterocycles. The van der Waals surface area contributed by atoms with Crippen molar-refractivity contribution in [3.63, 3.8) is 0 Å². The maximum absolute atomic E-state index is 12.1. The Balaban J connectivity index is 1.66. The van der Waals surface area contributed by atoms with E-state index in [1.165, 1.54) is 56.9 Å². The Bertz CT molecular complexity index is 682. The van der Waals surface area contributed by atoms with Crippen LogP contribution in [0.25, 0.3) is 0 Å². The Kier molecular flexibility index (Phi) is 13.7. The molecule has 0 N–H and O–H groups in total. The second kappa shape index (κ2) is 16.6. The van der Waals surface area contributed by atoms with Crippen LogP contribution in [0.4, 0.5) is 0 Å². The van der Waals surface area contributed by atoms with Crippen molar-refractivity contribution in [2.45, 2.75) is 110 Å². The first-order valence-electron chi connectivity index (χ1n) is 13.0. The SMILES string of the molecule is CCCCCCCCCC1=CO[C@H](c2ccc(OC(C)C(=O)OCCCCCC)cc2)OC1. The van der Waals surface area contributed by atoms with Crippen molar-refractivity contribution in [2.24, 2.45) is 0 Å². The summed E-state index contributed by atoms with van der Waals surface area (Å²) in [5, 5.41) is 0. The van der Waals surface area contributed by atoms with Crippen molar-refractivity contribution in [3.05, 3.63) is 41.7 Å². The minimum Gasteiger partial charge on any atom is -0.479 e. The lowest BCUT2D eigenvalue weighted by molar-refractivity contribution is -0.151. The van der Waals surface area contributed by atoms with E-state index in [1.807, 2.05) is 30.5 Å². The number of unbranched alkanes of at least 4 members (excludes halogenated alkanes) is 9. The highest BCUT2D eigenvalue weighted by molar-refractivity contribution is 5.74. The predicted octanol–water partition coefficient (Wildman–Crippen LogP) is 7.65. The summed E-state index contributed by atoms with van der Waals surface area (Å²) >= 11 is 0. The van der Waals surface area contributed by atoms with Gasteiger partial charge in [0.2, 0.25) is 6.29 Å². The zero-order valence-electron chi connectivity index (χ0n) is 21.0. The Hall–Kier alpha value is -2.01. The molecular formula is C28H44O5. The fourth-order valence-electron chi connectivity index (χ4n) is 3.80. The van der Waals surface area contributed by atoms with Crippen LogP contribution in [0.1, 0.15) is 110 Å². The van der Waals surface area contributed by atoms with E-state index in [1.54, 1.807) is 6.92 Å². The minimum absolute atomic E-state index is 0.326. The van der Waals surface area contributed by atoms with Gasteiger partial charge in [-0.3, -0.25) is 0 Å². The number of esters is 1. The molecule has 2 atom stereocenters. The third kappa shape index (κ3) is 11.1. The summed E-state index contributed by atoms with van der Waals surface area (Å²) in [6.45, 7) is 7.19. The van der Waals surface area contributed by atoms with Gasteiger partial charge in [0, 0.05) is 5.56 Å². The van der Waals surface area contributed by atoms with Gasteiger partial charge in [-0.1, -0.05) is 71.6 Å². The van der Waals surface area contributed by atoms with Gasteiger partial charge in [-0.25, -0.2) is 4.79 Å². The molecule has 0 amide bonds. The molecule has 0 radical (unpaired) electrons. The van der Waals surface area contributed by atoms with Crippen LogP contribution in [0, 0.1) is 0 Å². The Labute approximate surface area is 200 Å². The highest BCUT2D eigenvalue weighted by atomic mass is 16.7.